The molecular weight excluding hydrogens is 242 g/mol. The zero-order chi connectivity index (χ0) is 10.1. The van der Waals surface area contributed by atoms with E-state index in [-0.39, 0.29) is 4.95 Å². The lowest BCUT2D eigenvalue weighted by Gasteiger charge is -2.18. The Labute approximate surface area is 93.0 Å². The van der Waals surface area contributed by atoms with Crippen LogP contribution >= 0.6 is 15.9 Å². The van der Waals surface area contributed by atoms with E-state index in [4.69, 9.17) is 4.74 Å². The average Bonchev–Trinajstić information content (AvgIpc) is 2.62. The summed E-state index contributed by atoms with van der Waals surface area (Å²) in [6.45, 7) is 0.827. The zero-order valence-corrected chi connectivity index (χ0v) is 10.0. The fourth-order valence-electron chi connectivity index (χ4n) is 1.65. The Bertz CT molecular complexity index is 338. The average molecular weight is 256 g/mol. The maximum absolute atomic E-state index is 5.46. The van der Waals surface area contributed by atoms with Gasteiger partial charge in [0.15, 0.2) is 0 Å². The fourth-order valence-corrected chi connectivity index (χ4v) is 1.94. The molecule has 0 aliphatic carbocycles. The molecule has 76 valence electrons. The van der Waals surface area contributed by atoms with Crippen LogP contribution in [0.3, 0.4) is 0 Å². The van der Waals surface area contributed by atoms with Gasteiger partial charge in [-0.3, -0.25) is 4.90 Å². The van der Waals surface area contributed by atoms with Gasteiger partial charge >= 0.3 is 0 Å². The molecular formula is C11H14BrNO. The topological polar surface area (TPSA) is 12.5 Å². The maximum atomic E-state index is 5.46. The van der Waals surface area contributed by atoms with E-state index in [9.17, 15) is 0 Å². The molecule has 1 unspecified atom stereocenters. The van der Waals surface area contributed by atoms with Crippen LogP contribution in [0.15, 0.2) is 18.2 Å². The molecule has 0 spiro atoms. The molecule has 0 N–H and O–H groups in total. The Morgan fingerprint density at radius 2 is 2.21 bits per heavy atom. The Hall–Kier alpha value is -0.540. The first-order chi connectivity index (χ1) is 6.68. The van der Waals surface area contributed by atoms with Crippen LogP contribution in [0.5, 0.6) is 5.75 Å². The van der Waals surface area contributed by atoms with Gasteiger partial charge in [-0.25, -0.2) is 0 Å². The first kappa shape index (κ1) is 9.99. The molecule has 1 aromatic rings. The lowest BCUT2D eigenvalue weighted by molar-refractivity contribution is 0.356. The third kappa shape index (κ3) is 1.79. The Kier molecular flexibility index (Phi) is 2.79. The molecule has 1 aliphatic heterocycles. The number of hydrogen-bond acceptors (Lipinski definition) is 2. The van der Waals surface area contributed by atoms with E-state index in [0.717, 1.165) is 18.8 Å². The molecule has 0 radical (unpaired) electrons. The van der Waals surface area contributed by atoms with Crippen LogP contribution in [-0.2, 0) is 6.42 Å². The lowest BCUT2D eigenvalue weighted by Crippen LogP contribution is -2.14. The van der Waals surface area contributed by atoms with Gasteiger partial charge in [0.05, 0.1) is 11.6 Å². The molecule has 0 fully saturated rings. The minimum Gasteiger partial charge on any atom is -0.493 e. The highest BCUT2D eigenvalue weighted by Crippen LogP contribution is 2.31. The number of nitrogens with zero attached hydrogens (tertiary/aromatic N) is 1. The molecule has 2 nitrogen and oxygen atoms in total. The van der Waals surface area contributed by atoms with E-state index in [0.29, 0.717) is 0 Å². The number of ether oxygens (including phenoxy) is 1. The largest absolute Gasteiger partial charge is 0.493 e. The molecule has 0 bridgehead atoms. The molecule has 1 aromatic carbocycles. The standard InChI is InChI=1S/C11H14BrNO/c1-13(2)11(12)9-3-4-10-8(7-9)5-6-14-10/h3-4,7,11H,5-6H2,1-2H3. The van der Waals surface area contributed by atoms with Crippen LogP contribution in [-0.4, -0.2) is 25.6 Å². The van der Waals surface area contributed by atoms with Crippen molar-refractivity contribution in [3.05, 3.63) is 29.3 Å². The first-order valence-corrected chi connectivity index (χ1v) is 5.66. The van der Waals surface area contributed by atoms with Gasteiger partial charge in [0.2, 0.25) is 0 Å². The first-order valence-electron chi connectivity index (χ1n) is 4.74. The van der Waals surface area contributed by atoms with Gasteiger partial charge in [-0.2, -0.15) is 0 Å². The van der Waals surface area contributed by atoms with Gasteiger partial charge < -0.3 is 4.74 Å². The molecule has 1 heterocycles. The number of halogens is 1. The quantitative estimate of drug-likeness (QED) is 0.595. The van der Waals surface area contributed by atoms with Crippen LogP contribution in [0, 0.1) is 0 Å². The van der Waals surface area contributed by atoms with Gasteiger partial charge in [-0.15, -0.1) is 0 Å². The predicted molar refractivity (Wildman–Crippen MR) is 61.0 cm³/mol. The summed E-state index contributed by atoms with van der Waals surface area (Å²) < 4.78 is 5.46. The molecule has 0 saturated carbocycles. The van der Waals surface area contributed by atoms with Gasteiger partial charge in [0.1, 0.15) is 5.75 Å². The van der Waals surface area contributed by atoms with E-state index in [2.05, 4.69) is 53.1 Å². The van der Waals surface area contributed by atoms with E-state index in [1.807, 2.05) is 0 Å². The van der Waals surface area contributed by atoms with Crippen molar-refractivity contribution in [1.82, 2.24) is 4.90 Å². The highest BCUT2D eigenvalue weighted by Gasteiger charge is 2.15. The van der Waals surface area contributed by atoms with Crippen molar-refractivity contribution in [2.24, 2.45) is 0 Å². The second kappa shape index (κ2) is 3.91. The molecule has 1 aliphatic rings. The monoisotopic (exact) mass is 255 g/mol. The van der Waals surface area contributed by atoms with Gasteiger partial charge in [0.25, 0.3) is 0 Å². The van der Waals surface area contributed by atoms with E-state index in [1.165, 1.54) is 11.1 Å². The zero-order valence-electron chi connectivity index (χ0n) is 8.46. The number of hydrogen-bond donors (Lipinski definition) is 0. The summed E-state index contributed by atoms with van der Waals surface area (Å²) in [4.78, 5) is 2.42. The molecule has 14 heavy (non-hydrogen) atoms. The van der Waals surface area contributed by atoms with E-state index in [1.54, 1.807) is 0 Å². The molecule has 1 atom stereocenters. The molecule has 3 heteroatoms. The highest BCUT2D eigenvalue weighted by molar-refractivity contribution is 9.09. The Balaban J connectivity index is 2.28. The van der Waals surface area contributed by atoms with E-state index < -0.39 is 0 Å². The van der Waals surface area contributed by atoms with Crippen molar-refractivity contribution in [1.29, 1.82) is 0 Å². The minimum absolute atomic E-state index is 0.286. The third-order valence-corrected chi connectivity index (χ3v) is 3.79. The van der Waals surface area contributed by atoms with E-state index >= 15 is 0 Å². The van der Waals surface area contributed by atoms with Crippen LogP contribution in [0.25, 0.3) is 0 Å². The van der Waals surface area contributed by atoms with Crippen LogP contribution in [0.1, 0.15) is 16.1 Å². The second-order valence-electron chi connectivity index (χ2n) is 3.77. The summed E-state index contributed by atoms with van der Waals surface area (Å²) in [7, 11) is 4.12. The Morgan fingerprint density at radius 1 is 1.43 bits per heavy atom. The van der Waals surface area contributed by atoms with Gasteiger partial charge in [-0.1, -0.05) is 22.0 Å². The van der Waals surface area contributed by atoms with Crippen molar-refractivity contribution in [3.63, 3.8) is 0 Å². The molecule has 0 amide bonds. The third-order valence-electron chi connectivity index (χ3n) is 2.44. The molecule has 2 rings (SSSR count). The molecule has 0 aromatic heterocycles. The predicted octanol–water partition coefficient (Wildman–Crippen LogP) is 2.58. The normalized spacial score (nSPS) is 16.6. The summed E-state index contributed by atoms with van der Waals surface area (Å²) in [6, 6.07) is 6.40. The smallest absolute Gasteiger partial charge is 0.122 e. The summed E-state index contributed by atoms with van der Waals surface area (Å²) in [6.07, 6.45) is 1.04. The van der Waals surface area contributed by atoms with Crippen LogP contribution in [0.2, 0.25) is 0 Å². The lowest BCUT2D eigenvalue weighted by atomic mass is 10.1. The second-order valence-corrected chi connectivity index (χ2v) is 4.63. The highest BCUT2D eigenvalue weighted by atomic mass is 79.9. The Morgan fingerprint density at radius 3 is 2.93 bits per heavy atom. The van der Waals surface area contributed by atoms with Gasteiger partial charge in [0, 0.05) is 6.42 Å². The molecule has 0 saturated heterocycles. The van der Waals surface area contributed by atoms with Crippen LogP contribution in [0.4, 0.5) is 0 Å². The van der Waals surface area contributed by atoms with Crippen LogP contribution < -0.4 is 4.74 Å². The van der Waals surface area contributed by atoms with Crippen molar-refractivity contribution in [2.45, 2.75) is 11.4 Å². The summed E-state index contributed by atoms with van der Waals surface area (Å²) in [5.74, 6) is 1.05. The SMILES string of the molecule is CN(C)C(Br)c1ccc2c(c1)CCO2. The van der Waals surface area contributed by atoms with Crippen molar-refractivity contribution in [2.75, 3.05) is 20.7 Å². The fraction of sp³-hybridized carbons (Fsp3) is 0.455. The van der Waals surface area contributed by atoms with Gasteiger partial charge in [-0.05, 0) is 37.4 Å². The summed E-state index contributed by atoms with van der Waals surface area (Å²) >= 11 is 3.64. The van der Waals surface area contributed by atoms with Crippen molar-refractivity contribution in [3.8, 4) is 5.75 Å². The summed E-state index contributed by atoms with van der Waals surface area (Å²) in [5.41, 5.74) is 2.62. The summed E-state index contributed by atoms with van der Waals surface area (Å²) in [5, 5.41) is 0. The van der Waals surface area contributed by atoms with Crippen molar-refractivity contribution < 1.29 is 4.74 Å². The number of fused-ring (bicyclic) bond motifs is 1. The number of rotatable bonds is 2. The number of alkyl halides is 1. The number of benzene rings is 1. The van der Waals surface area contributed by atoms with Crippen molar-refractivity contribution >= 4 is 15.9 Å². The minimum atomic E-state index is 0.286. The maximum Gasteiger partial charge on any atom is 0.122 e.